The second-order valence-corrected chi connectivity index (χ2v) is 7.37. The number of hydrogen-bond acceptors (Lipinski definition) is 3. The van der Waals surface area contributed by atoms with Crippen LogP contribution in [0.4, 0.5) is 0 Å². The van der Waals surface area contributed by atoms with Gasteiger partial charge in [-0.1, -0.05) is 20.3 Å². The van der Waals surface area contributed by atoms with Gasteiger partial charge in [-0.15, -0.1) is 0 Å². The molecule has 1 atom stereocenters. The summed E-state index contributed by atoms with van der Waals surface area (Å²) in [5.74, 6) is 0.832. The van der Waals surface area contributed by atoms with E-state index in [0.29, 0.717) is 6.61 Å². The van der Waals surface area contributed by atoms with Crippen LogP contribution in [0.25, 0.3) is 0 Å². The van der Waals surface area contributed by atoms with Crippen LogP contribution in [-0.4, -0.2) is 23.8 Å². The Bertz CT molecular complexity index is 325. The molecule has 1 saturated carbocycles. The Morgan fingerprint density at radius 1 is 1.24 bits per heavy atom. The molecule has 3 rings (SSSR count). The van der Waals surface area contributed by atoms with Crippen molar-refractivity contribution in [1.29, 1.82) is 0 Å². The van der Waals surface area contributed by atoms with Crippen LogP contribution in [0.2, 0.25) is 0 Å². The lowest BCUT2D eigenvalue weighted by molar-refractivity contribution is -0.229. The van der Waals surface area contributed by atoms with Crippen molar-refractivity contribution in [3.05, 3.63) is 0 Å². The minimum atomic E-state index is -0.0654. The molecule has 3 heteroatoms. The Balaban J connectivity index is 0.000000212. The van der Waals surface area contributed by atoms with Gasteiger partial charge in [-0.2, -0.15) is 0 Å². The van der Waals surface area contributed by atoms with Crippen molar-refractivity contribution < 1.29 is 14.3 Å². The smallest absolute Gasteiger partial charge is 0.308 e. The first-order valence-electron chi connectivity index (χ1n) is 8.61. The fourth-order valence-corrected chi connectivity index (χ4v) is 3.58. The van der Waals surface area contributed by atoms with Gasteiger partial charge in [0, 0.05) is 0 Å². The fourth-order valence-electron chi connectivity index (χ4n) is 3.58. The first-order chi connectivity index (χ1) is 9.74. The van der Waals surface area contributed by atoms with Gasteiger partial charge in [0.05, 0.1) is 23.7 Å². The summed E-state index contributed by atoms with van der Waals surface area (Å²) < 4.78 is 10.9. The molecule has 2 saturated heterocycles. The number of rotatable bonds is 4. The van der Waals surface area contributed by atoms with Crippen LogP contribution in [0.3, 0.4) is 0 Å². The molecule has 21 heavy (non-hydrogen) atoms. The van der Waals surface area contributed by atoms with E-state index < -0.39 is 0 Å². The molecule has 2 heterocycles. The van der Waals surface area contributed by atoms with E-state index in [1.54, 1.807) is 0 Å². The first kappa shape index (κ1) is 18.5. The van der Waals surface area contributed by atoms with E-state index >= 15 is 0 Å². The van der Waals surface area contributed by atoms with Crippen LogP contribution in [-0.2, 0) is 14.3 Å². The Hall–Kier alpha value is -0.570. The number of carbonyl (C=O) groups excluding carboxylic acids is 1. The number of fused-ring (bicyclic) bond motifs is 3. The summed E-state index contributed by atoms with van der Waals surface area (Å²) in [6, 6.07) is 0. The average molecular weight is 298 g/mol. The van der Waals surface area contributed by atoms with Gasteiger partial charge >= 0.3 is 5.97 Å². The Kier molecular flexibility index (Phi) is 6.71. The summed E-state index contributed by atoms with van der Waals surface area (Å²) in [7, 11) is 0. The molecule has 2 aliphatic heterocycles. The largest absolute Gasteiger partial charge is 0.466 e. The summed E-state index contributed by atoms with van der Waals surface area (Å²) >= 11 is 0. The minimum absolute atomic E-state index is 0.0654. The van der Waals surface area contributed by atoms with Gasteiger partial charge < -0.3 is 9.47 Å². The molecule has 0 aromatic carbocycles. The predicted octanol–water partition coefficient (Wildman–Crippen LogP) is 4.73. The number of carbonyl (C=O) groups is 1. The molecular weight excluding hydrogens is 264 g/mol. The van der Waals surface area contributed by atoms with E-state index in [1.165, 1.54) is 25.7 Å². The quantitative estimate of drug-likeness (QED) is 0.704. The maximum Gasteiger partial charge on any atom is 0.308 e. The topological polar surface area (TPSA) is 35.5 Å². The van der Waals surface area contributed by atoms with E-state index in [2.05, 4.69) is 27.7 Å². The molecule has 0 amide bonds. The summed E-state index contributed by atoms with van der Waals surface area (Å²) in [6.07, 6.45) is 7.29. The molecule has 0 spiro atoms. The lowest BCUT2D eigenvalue weighted by Gasteiger charge is -2.54. The van der Waals surface area contributed by atoms with Crippen LogP contribution < -0.4 is 0 Å². The zero-order valence-corrected chi connectivity index (χ0v) is 14.8. The highest BCUT2D eigenvalue weighted by Gasteiger charge is 2.48. The van der Waals surface area contributed by atoms with E-state index in [9.17, 15) is 4.79 Å². The third kappa shape index (κ3) is 5.28. The molecule has 124 valence electrons. The maximum atomic E-state index is 10.9. The summed E-state index contributed by atoms with van der Waals surface area (Å²) in [5, 5.41) is 0. The van der Waals surface area contributed by atoms with Crippen LogP contribution >= 0.6 is 0 Å². The normalized spacial score (nSPS) is 31.0. The molecule has 0 radical (unpaired) electrons. The fraction of sp³-hybridized carbons (Fsp3) is 0.944. The van der Waals surface area contributed by atoms with Crippen molar-refractivity contribution in [3.63, 3.8) is 0 Å². The van der Waals surface area contributed by atoms with Gasteiger partial charge in [0.15, 0.2) is 0 Å². The summed E-state index contributed by atoms with van der Waals surface area (Å²) in [5.41, 5.74) is 0.378. The third-order valence-corrected chi connectivity index (χ3v) is 4.95. The monoisotopic (exact) mass is 298 g/mol. The van der Waals surface area contributed by atoms with Gasteiger partial charge in [-0.3, -0.25) is 4.79 Å². The van der Waals surface area contributed by atoms with Crippen molar-refractivity contribution in [2.75, 3.05) is 6.61 Å². The zero-order chi connectivity index (χ0) is 16.1. The molecule has 1 aliphatic carbocycles. The van der Waals surface area contributed by atoms with Crippen molar-refractivity contribution in [3.8, 4) is 0 Å². The molecule has 3 fully saturated rings. The van der Waals surface area contributed by atoms with Crippen molar-refractivity contribution in [2.45, 2.75) is 91.3 Å². The molecule has 3 aliphatic rings. The van der Waals surface area contributed by atoms with E-state index in [4.69, 9.17) is 9.47 Å². The molecule has 3 nitrogen and oxygen atoms in total. The molecule has 2 bridgehead atoms. The molecular formula is C18H34O3. The predicted molar refractivity (Wildman–Crippen MR) is 86.2 cm³/mol. The van der Waals surface area contributed by atoms with Gasteiger partial charge in [0.2, 0.25) is 0 Å². The van der Waals surface area contributed by atoms with Crippen LogP contribution in [0.15, 0.2) is 0 Å². The number of hydrogen-bond donors (Lipinski definition) is 0. The van der Waals surface area contributed by atoms with Crippen molar-refractivity contribution >= 4 is 5.97 Å². The molecule has 0 aromatic rings. The minimum Gasteiger partial charge on any atom is -0.466 e. The SMILES string of the molecule is CC12CCC(CC1)C(C)(C)O2.CCCC(C)C(=O)OCC. The number of ether oxygens (including phenoxy) is 2. The highest BCUT2D eigenvalue weighted by Crippen LogP contribution is 2.49. The van der Waals surface area contributed by atoms with Crippen LogP contribution in [0.1, 0.15) is 80.1 Å². The highest BCUT2D eigenvalue weighted by molar-refractivity contribution is 5.71. The summed E-state index contributed by atoms with van der Waals surface area (Å²) in [6.45, 7) is 13.0. The standard InChI is InChI=1S/C10H18O.C8H16O2/c1-9(2)8-4-6-10(3,11-9)7-5-8;1-4-6-7(3)8(9)10-5-2/h8H,4-7H2,1-3H3;7H,4-6H2,1-3H3. The molecule has 1 unspecified atom stereocenters. The average Bonchev–Trinajstić information content (AvgIpc) is 2.38. The van der Waals surface area contributed by atoms with E-state index in [0.717, 1.165) is 18.8 Å². The second kappa shape index (κ2) is 7.62. The third-order valence-electron chi connectivity index (χ3n) is 4.95. The Labute approximate surface area is 130 Å². The second-order valence-electron chi connectivity index (χ2n) is 7.37. The molecule has 0 aromatic heterocycles. The van der Waals surface area contributed by atoms with Crippen LogP contribution in [0, 0.1) is 11.8 Å². The molecule has 0 N–H and O–H groups in total. The lowest BCUT2D eigenvalue weighted by atomic mass is 9.69. The van der Waals surface area contributed by atoms with Gasteiger partial charge in [-0.25, -0.2) is 0 Å². The van der Waals surface area contributed by atoms with E-state index in [1.807, 2.05) is 13.8 Å². The maximum absolute atomic E-state index is 10.9. The lowest BCUT2D eigenvalue weighted by Crippen LogP contribution is -2.53. The van der Waals surface area contributed by atoms with Crippen molar-refractivity contribution in [1.82, 2.24) is 0 Å². The first-order valence-corrected chi connectivity index (χ1v) is 8.61. The van der Waals surface area contributed by atoms with Crippen LogP contribution in [0.5, 0.6) is 0 Å². The van der Waals surface area contributed by atoms with Crippen molar-refractivity contribution in [2.24, 2.45) is 11.8 Å². The van der Waals surface area contributed by atoms with Gasteiger partial charge in [-0.05, 0) is 65.7 Å². The van der Waals surface area contributed by atoms with Gasteiger partial charge in [0.25, 0.3) is 0 Å². The number of esters is 1. The Morgan fingerprint density at radius 2 is 1.81 bits per heavy atom. The Morgan fingerprint density at radius 3 is 2.14 bits per heavy atom. The highest BCUT2D eigenvalue weighted by atomic mass is 16.5. The summed E-state index contributed by atoms with van der Waals surface area (Å²) in [4.78, 5) is 10.9. The van der Waals surface area contributed by atoms with E-state index in [-0.39, 0.29) is 23.1 Å². The van der Waals surface area contributed by atoms with Gasteiger partial charge in [0.1, 0.15) is 0 Å². The zero-order valence-electron chi connectivity index (χ0n) is 14.8.